The van der Waals surface area contributed by atoms with Crippen molar-refractivity contribution in [1.29, 1.82) is 0 Å². The van der Waals surface area contributed by atoms with Crippen LogP contribution < -0.4 is 5.32 Å². The van der Waals surface area contributed by atoms with E-state index in [4.69, 9.17) is 0 Å². The van der Waals surface area contributed by atoms with Crippen LogP contribution in [0.15, 0.2) is 18.2 Å². The van der Waals surface area contributed by atoms with Crippen molar-refractivity contribution in [3.8, 4) is 0 Å². The Morgan fingerprint density at radius 2 is 2.17 bits per heavy atom. The highest BCUT2D eigenvalue weighted by atomic mass is 19.1. The highest BCUT2D eigenvalue weighted by Crippen LogP contribution is 2.17. The van der Waals surface area contributed by atoms with Crippen molar-refractivity contribution in [2.24, 2.45) is 5.92 Å². The van der Waals surface area contributed by atoms with Crippen LogP contribution in [0.5, 0.6) is 0 Å². The average molecular weight is 254 g/mol. The second kappa shape index (κ2) is 6.09. The summed E-state index contributed by atoms with van der Waals surface area (Å²) in [5.74, 6) is -0.972. The van der Waals surface area contributed by atoms with Crippen LogP contribution in [0.4, 0.5) is 10.1 Å². The number of amides is 1. The molecule has 0 atom stereocenters. The van der Waals surface area contributed by atoms with Gasteiger partial charge in [-0.05, 0) is 24.5 Å². The summed E-state index contributed by atoms with van der Waals surface area (Å²) in [5, 5.41) is 13.0. The summed E-state index contributed by atoms with van der Waals surface area (Å²) < 4.78 is 13.3. The molecular formula is C12H15FN2O3. The van der Waals surface area contributed by atoms with E-state index < -0.39 is 22.3 Å². The van der Waals surface area contributed by atoms with Gasteiger partial charge in [0.2, 0.25) is 5.82 Å². The fourth-order valence-electron chi connectivity index (χ4n) is 1.37. The molecule has 0 saturated heterocycles. The maximum absolute atomic E-state index is 13.3. The summed E-state index contributed by atoms with van der Waals surface area (Å²) in [6.45, 7) is 4.55. The number of rotatable bonds is 5. The molecule has 98 valence electrons. The molecule has 0 aromatic heterocycles. The molecule has 0 radical (unpaired) electrons. The third-order valence-corrected chi connectivity index (χ3v) is 2.41. The number of halogens is 1. The molecule has 0 saturated carbocycles. The molecule has 0 aliphatic heterocycles. The largest absolute Gasteiger partial charge is 0.352 e. The monoisotopic (exact) mass is 254 g/mol. The van der Waals surface area contributed by atoms with E-state index >= 15 is 0 Å². The molecule has 0 aliphatic rings. The predicted octanol–water partition coefficient (Wildman–Crippen LogP) is 2.51. The first kappa shape index (κ1) is 14.1. The van der Waals surface area contributed by atoms with Crippen LogP contribution in [0.2, 0.25) is 0 Å². The van der Waals surface area contributed by atoms with E-state index in [0.717, 1.165) is 18.6 Å². The van der Waals surface area contributed by atoms with Gasteiger partial charge in [0, 0.05) is 18.2 Å². The number of hydrogen-bond acceptors (Lipinski definition) is 3. The van der Waals surface area contributed by atoms with Crippen LogP contribution in [0.3, 0.4) is 0 Å². The van der Waals surface area contributed by atoms with Gasteiger partial charge in [-0.3, -0.25) is 14.9 Å². The Morgan fingerprint density at radius 1 is 1.50 bits per heavy atom. The second-order valence-corrected chi connectivity index (χ2v) is 4.36. The number of hydrogen-bond donors (Lipinski definition) is 1. The SMILES string of the molecule is CC(C)CCNC(=O)c1ccc([N+](=O)[O-])c(F)c1. The number of nitrogens with zero attached hydrogens (tertiary/aromatic N) is 1. The summed E-state index contributed by atoms with van der Waals surface area (Å²) in [5.41, 5.74) is -0.546. The predicted molar refractivity (Wildman–Crippen MR) is 64.8 cm³/mol. The minimum absolute atomic E-state index is 0.0851. The molecule has 1 rings (SSSR count). The molecule has 0 heterocycles. The summed E-state index contributed by atoms with van der Waals surface area (Å²) in [6.07, 6.45) is 0.821. The number of carbonyl (C=O) groups is 1. The standard InChI is InChI=1S/C12H15FN2O3/c1-8(2)5-6-14-12(16)9-3-4-11(15(17)18)10(13)7-9/h3-4,7-8H,5-6H2,1-2H3,(H,14,16). The minimum atomic E-state index is -1.00. The first-order valence-electron chi connectivity index (χ1n) is 5.64. The highest BCUT2D eigenvalue weighted by Gasteiger charge is 2.16. The molecule has 1 aromatic rings. The lowest BCUT2D eigenvalue weighted by molar-refractivity contribution is -0.387. The van der Waals surface area contributed by atoms with Crippen LogP contribution in [0.25, 0.3) is 0 Å². The molecule has 0 spiro atoms. The average Bonchev–Trinajstić information content (AvgIpc) is 2.27. The van der Waals surface area contributed by atoms with Gasteiger partial charge in [0.25, 0.3) is 5.91 Å². The van der Waals surface area contributed by atoms with E-state index in [9.17, 15) is 19.3 Å². The van der Waals surface area contributed by atoms with Gasteiger partial charge in [0.05, 0.1) is 4.92 Å². The van der Waals surface area contributed by atoms with Crippen molar-refractivity contribution in [1.82, 2.24) is 5.32 Å². The number of benzene rings is 1. The lowest BCUT2D eigenvalue weighted by Crippen LogP contribution is -2.25. The van der Waals surface area contributed by atoms with Gasteiger partial charge in [-0.2, -0.15) is 4.39 Å². The molecule has 0 bridgehead atoms. The Hall–Kier alpha value is -1.98. The Labute approximate surface area is 104 Å². The lowest BCUT2D eigenvalue weighted by atomic mass is 10.1. The van der Waals surface area contributed by atoms with Gasteiger partial charge in [-0.25, -0.2) is 0 Å². The van der Waals surface area contributed by atoms with Crippen LogP contribution in [0.1, 0.15) is 30.6 Å². The zero-order valence-electron chi connectivity index (χ0n) is 10.3. The van der Waals surface area contributed by atoms with Crippen LogP contribution in [0, 0.1) is 21.8 Å². The van der Waals surface area contributed by atoms with E-state index in [-0.39, 0.29) is 5.56 Å². The normalized spacial score (nSPS) is 10.4. The van der Waals surface area contributed by atoms with Crippen LogP contribution >= 0.6 is 0 Å². The van der Waals surface area contributed by atoms with Crippen molar-refractivity contribution in [3.63, 3.8) is 0 Å². The second-order valence-electron chi connectivity index (χ2n) is 4.36. The Morgan fingerprint density at radius 3 is 2.67 bits per heavy atom. The van der Waals surface area contributed by atoms with E-state index in [1.165, 1.54) is 6.07 Å². The van der Waals surface area contributed by atoms with Gasteiger partial charge in [-0.1, -0.05) is 13.8 Å². The van der Waals surface area contributed by atoms with E-state index in [2.05, 4.69) is 5.32 Å². The smallest absolute Gasteiger partial charge is 0.304 e. The summed E-state index contributed by atoms with van der Waals surface area (Å²) in [4.78, 5) is 21.2. The topological polar surface area (TPSA) is 72.2 Å². The molecule has 1 aromatic carbocycles. The van der Waals surface area contributed by atoms with Crippen molar-refractivity contribution >= 4 is 11.6 Å². The maximum Gasteiger partial charge on any atom is 0.304 e. The van der Waals surface area contributed by atoms with Crippen LogP contribution in [-0.4, -0.2) is 17.4 Å². The van der Waals surface area contributed by atoms with Crippen molar-refractivity contribution in [2.45, 2.75) is 20.3 Å². The number of nitro benzene ring substituents is 1. The molecule has 18 heavy (non-hydrogen) atoms. The van der Waals surface area contributed by atoms with E-state index in [1.54, 1.807) is 0 Å². The van der Waals surface area contributed by atoms with Crippen LogP contribution in [-0.2, 0) is 0 Å². The number of nitrogens with one attached hydrogen (secondary N) is 1. The maximum atomic E-state index is 13.3. The van der Waals surface area contributed by atoms with Crippen molar-refractivity contribution in [3.05, 3.63) is 39.7 Å². The molecule has 1 N–H and O–H groups in total. The summed E-state index contributed by atoms with van der Waals surface area (Å²) in [7, 11) is 0. The Kier molecular flexibility index (Phi) is 4.76. The fourth-order valence-corrected chi connectivity index (χ4v) is 1.37. The molecule has 0 unspecified atom stereocenters. The summed E-state index contributed by atoms with van der Waals surface area (Å²) in [6, 6.07) is 3.11. The number of carbonyl (C=O) groups excluding carboxylic acids is 1. The van der Waals surface area contributed by atoms with Crippen molar-refractivity contribution < 1.29 is 14.1 Å². The molecule has 0 fully saturated rings. The van der Waals surface area contributed by atoms with Gasteiger partial charge >= 0.3 is 5.69 Å². The summed E-state index contributed by atoms with van der Waals surface area (Å²) >= 11 is 0. The van der Waals surface area contributed by atoms with Crippen molar-refractivity contribution in [2.75, 3.05) is 6.54 Å². The third-order valence-electron chi connectivity index (χ3n) is 2.41. The van der Waals surface area contributed by atoms with Gasteiger partial charge in [0.1, 0.15) is 0 Å². The van der Waals surface area contributed by atoms with E-state index in [0.29, 0.717) is 12.5 Å². The fraction of sp³-hybridized carbons (Fsp3) is 0.417. The zero-order chi connectivity index (χ0) is 13.7. The molecular weight excluding hydrogens is 239 g/mol. The van der Waals surface area contributed by atoms with E-state index in [1.807, 2.05) is 13.8 Å². The minimum Gasteiger partial charge on any atom is -0.352 e. The first-order chi connectivity index (χ1) is 8.41. The Balaban J connectivity index is 2.70. The van der Waals surface area contributed by atoms with Gasteiger partial charge < -0.3 is 5.32 Å². The van der Waals surface area contributed by atoms with Gasteiger partial charge in [0.15, 0.2) is 0 Å². The molecule has 5 nitrogen and oxygen atoms in total. The third kappa shape index (κ3) is 3.80. The number of nitro groups is 1. The molecule has 1 amide bonds. The Bertz CT molecular complexity index is 461. The zero-order valence-corrected chi connectivity index (χ0v) is 10.3. The van der Waals surface area contributed by atoms with Gasteiger partial charge in [-0.15, -0.1) is 0 Å². The first-order valence-corrected chi connectivity index (χ1v) is 5.64. The molecule has 6 heteroatoms. The lowest BCUT2D eigenvalue weighted by Gasteiger charge is -2.07. The molecule has 0 aliphatic carbocycles. The highest BCUT2D eigenvalue weighted by molar-refractivity contribution is 5.94. The quantitative estimate of drug-likeness (QED) is 0.648.